The number of alkyl carbamates (subject to hydrolysis) is 1. The van der Waals surface area contributed by atoms with Gasteiger partial charge in [-0.15, -0.1) is 0 Å². The van der Waals surface area contributed by atoms with Crippen molar-refractivity contribution in [3.8, 4) is 0 Å². The highest BCUT2D eigenvalue weighted by Crippen LogP contribution is 2.17. The lowest BCUT2D eigenvalue weighted by atomic mass is 10.0. The minimum absolute atomic E-state index is 0.0160. The van der Waals surface area contributed by atoms with Gasteiger partial charge in [0.25, 0.3) is 5.56 Å². The van der Waals surface area contributed by atoms with Gasteiger partial charge in [0.2, 0.25) is 5.95 Å². The first-order valence-electron chi connectivity index (χ1n) is 19.3. The van der Waals surface area contributed by atoms with Crippen LogP contribution in [-0.2, 0) is 30.3 Å². The quantitative estimate of drug-likeness (QED) is 0.0498. The molecule has 0 spiro atoms. The fourth-order valence-corrected chi connectivity index (χ4v) is 5.88. The summed E-state index contributed by atoms with van der Waals surface area (Å²) in [5.74, 6) is -1.43. The van der Waals surface area contributed by atoms with Gasteiger partial charge >= 0.3 is 18.0 Å². The second-order valence-corrected chi connectivity index (χ2v) is 15.1. The first kappa shape index (κ1) is 43.5. The number of nitrogens with two attached hydrogens (primary N) is 1. The summed E-state index contributed by atoms with van der Waals surface area (Å²) in [7, 11) is 0. The van der Waals surface area contributed by atoms with Crippen LogP contribution in [0.4, 0.5) is 10.7 Å². The van der Waals surface area contributed by atoms with Crippen molar-refractivity contribution in [2.45, 2.75) is 169 Å². The van der Waals surface area contributed by atoms with E-state index in [0.29, 0.717) is 25.0 Å². The summed E-state index contributed by atoms with van der Waals surface area (Å²) >= 11 is 0. The first-order valence-corrected chi connectivity index (χ1v) is 19.3. The number of nitrogens with one attached hydrogen (secondary N) is 2. The zero-order valence-electron chi connectivity index (χ0n) is 32.2. The van der Waals surface area contributed by atoms with Gasteiger partial charge in [0.05, 0.1) is 19.5 Å². The standard InChI is InChI=1S/C38H66N6O7/c1-7-8-9-10-11-12-13-14-15-16-17-18-19-20-21-22-30(45)50-26-29(25-44-27-40-32-33(44)42-36(39)43-34(32)46)23-24-49-35(47)31(28(2)3)41-37(48)51-38(4,5)6/h27-29,31H,7-26H2,1-6H3,(H,41,48)(H3,39,42,43,46)/t29-,31+/m1/s1. The van der Waals surface area contributed by atoms with E-state index in [2.05, 4.69) is 27.2 Å². The van der Waals surface area contributed by atoms with E-state index >= 15 is 0 Å². The molecule has 0 fully saturated rings. The van der Waals surface area contributed by atoms with Crippen LogP contribution in [0.25, 0.3) is 11.2 Å². The maximum absolute atomic E-state index is 13.0. The molecule has 13 heteroatoms. The number of anilines is 1. The normalized spacial score (nSPS) is 12.9. The van der Waals surface area contributed by atoms with Crippen LogP contribution < -0.4 is 16.6 Å². The second kappa shape index (κ2) is 23.8. The minimum Gasteiger partial charge on any atom is -0.465 e. The second-order valence-electron chi connectivity index (χ2n) is 15.1. The molecule has 2 heterocycles. The number of imidazole rings is 1. The number of nitrogen functional groups attached to an aromatic ring is 1. The van der Waals surface area contributed by atoms with Crippen molar-refractivity contribution in [3.05, 3.63) is 16.7 Å². The van der Waals surface area contributed by atoms with Crippen molar-refractivity contribution < 1.29 is 28.6 Å². The number of H-pyrrole nitrogens is 1. The fraction of sp³-hybridized carbons (Fsp3) is 0.789. The zero-order chi connectivity index (χ0) is 37.6. The Labute approximate surface area is 304 Å². The number of aromatic amines is 1. The van der Waals surface area contributed by atoms with Gasteiger partial charge in [-0.2, -0.15) is 4.98 Å². The molecular formula is C38H66N6O7. The van der Waals surface area contributed by atoms with E-state index < -0.39 is 29.3 Å². The van der Waals surface area contributed by atoms with Crippen LogP contribution in [0.5, 0.6) is 0 Å². The average molecular weight is 719 g/mol. The van der Waals surface area contributed by atoms with Crippen molar-refractivity contribution in [2.75, 3.05) is 18.9 Å². The predicted octanol–water partition coefficient (Wildman–Crippen LogP) is 7.61. The van der Waals surface area contributed by atoms with Crippen molar-refractivity contribution in [2.24, 2.45) is 11.8 Å². The first-order chi connectivity index (χ1) is 24.3. The Morgan fingerprint density at radius 1 is 0.902 bits per heavy atom. The molecule has 0 unspecified atom stereocenters. The Morgan fingerprint density at radius 2 is 1.47 bits per heavy atom. The highest BCUT2D eigenvalue weighted by atomic mass is 16.6. The summed E-state index contributed by atoms with van der Waals surface area (Å²) in [6.45, 7) is 11.5. The maximum atomic E-state index is 13.0. The van der Waals surface area contributed by atoms with E-state index in [1.165, 1.54) is 83.4 Å². The van der Waals surface area contributed by atoms with Gasteiger partial charge in [0, 0.05) is 18.9 Å². The van der Waals surface area contributed by atoms with Crippen LogP contribution in [0.1, 0.15) is 151 Å². The molecular weight excluding hydrogens is 652 g/mol. The molecule has 0 aliphatic carbocycles. The van der Waals surface area contributed by atoms with Gasteiger partial charge in [-0.1, -0.05) is 111 Å². The molecule has 290 valence electrons. The molecule has 0 saturated heterocycles. The average Bonchev–Trinajstić information content (AvgIpc) is 3.45. The lowest BCUT2D eigenvalue weighted by molar-refractivity contribution is -0.150. The van der Waals surface area contributed by atoms with Crippen LogP contribution in [0.3, 0.4) is 0 Å². The minimum atomic E-state index is -0.900. The van der Waals surface area contributed by atoms with Crippen LogP contribution in [0.2, 0.25) is 0 Å². The van der Waals surface area contributed by atoms with Crippen molar-refractivity contribution in [3.63, 3.8) is 0 Å². The third-order valence-electron chi connectivity index (χ3n) is 8.78. The van der Waals surface area contributed by atoms with Crippen LogP contribution in [-0.4, -0.2) is 62.4 Å². The number of unbranched alkanes of at least 4 members (excludes halogenated alkanes) is 14. The molecule has 0 aliphatic rings. The molecule has 2 aromatic rings. The largest absolute Gasteiger partial charge is 0.465 e. The number of fused-ring (bicyclic) bond motifs is 1. The number of ether oxygens (including phenoxy) is 3. The number of rotatable bonds is 26. The number of carbonyl (C=O) groups excluding carboxylic acids is 3. The van der Waals surface area contributed by atoms with Gasteiger partial charge in [-0.3, -0.25) is 14.6 Å². The predicted molar refractivity (Wildman–Crippen MR) is 200 cm³/mol. The number of amides is 1. The molecule has 0 radical (unpaired) electrons. The monoisotopic (exact) mass is 718 g/mol. The van der Waals surface area contributed by atoms with E-state index in [9.17, 15) is 19.2 Å². The van der Waals surface area contributed by atoms with E-state index in [1.807, 2.05) is 0 Å². The summed E-state index contributed by atoms with van der Waals surface area (Å²) < 4.78 is 18.2. The molecule has 1 amide bonds. The van der Waals surface area contributed by atoms with Crippen molar-refractivity contribution in [1.29, 1.82) is 0 Å². The maximum Gasteiger partial charge on any atom is 0.408 e. The summed E-state index contributed by atoms with van der Waals surface area (Å²) in [5.41, 5.74) is 5.06. The Kier molecular flexibility index (Phi) is 20.3. The highest BCUT2D eigenvalue weighted by molar-refractivity contribution is 5.81. The van der Waals surface area contributed by atoms with Gasteiger partial charge in [0.15, 0.2) is 11.2 Å². The number of hydrogen-bond acceptors (Lipinski definition) is 10. The third kappa shape index (κ3) is 18.4. The highest BCUT2D eigenvalue weighted by Gasteiger charge is 2.28. The Bertz CT molecular complexity index is 1370. The van der Waals surface area contributed by atoms with Gasteiger partial charge in [-0.25, -0.2) is 14.6 Å². The third-order valence-corrected chi connectivity index (χ3v) is 8.78. The van der Waals surface area contributed by atoms with Crippen LogP contribution >= 0.6 is 0 Å². The molecule has 0 saturated carbocycles. The van der Waals surface area contributed by atoms with E-state index in [-0.39, 0.29) is 42.5 Å². The molecule has 0 aromatic carbocycles. The Morgan fingerprint density at radius 3 is 2.02 bits per heavy atom. The van der Waals surface area contributed by atoms with E-state index in [1.54, 1.807) is 39.2 Å². The molecule has 4 N–H and O–H groups in total. The Balaban J connectivity index is 1.80. The molecule has 2 aromatic heterocycles. The smallest absolute Gasteiger partial charge is 0.408 e. The summed E-state index contributed by atoms with van der Waals surface area (Å²) in [4.78, 5) is 61.1. The van der Waals surface area contributed by atoms with Crippen molar-refractivity contribution in [1.82, 2.24) is 24.8 Å². The van der Waals surface area contributed by atoms with E-state index in [0.717, 1.165) is 19.3 Å². The zero-order valence-corrected chi connectivity index (χ0v) is 32.2. The molecule has 2 rings (SSSR count). The molecule has 2 atom stereocenters. The van der Waals surface area contributed by atoms with Crippen molar-refractivity contribution >= 4 is 35.1 Å². The summed E-state index contributed by atoms with van der Waals surface area (Å²) in [5, 5.41) is 2.60. The topological polar surface area (TPSA) is 181 Å². The Hall–Kier alpha value is -3.64. The summed E-state index contributed by atoms with van der Waals surface area (Å²) in [6, 6.07) is -0.900. The SMILES string of the molecule is CCCCCCCCCCCCCCCCCC(=O)OC[C@H](CCOC(=O)[C@@H](NC(=O)OC(C)(C)C)C(C)C)Cn1cnc2c(=O)[nH]c(N)nc21. The number of esters is 2. The fourth-order valence-electron chi connectivity index (χ4n) is 5.88. The van der Waals surface area contributed by atoms with Gasteiger partial charge in [-0.05, 0) is 39.5 Å². The number of carbonyl (C=O) groups is 3. The van der Waals surface area contributed by atoms with Crippen LogP contribution in [0.15, 0.2) is 11.1 Å². The number of nitrogens with zero attached hydrogens (tertiary/aromatic N) is 3. The van der Waals surface area contributed by atoms with Gasteiger partial charge in [0.1, 0.15) is 11.6 Å². The molecule has 0 aliphatic heterocycles. The van der Waals surface area contributed by atoms with Crippen LogP contribution in [0, 0.1) is 11.8 Å². The number of hydrogen-bond donors (Lipinski definition) is 3. The molecule has 13 nitrogen and oxygen atoms in total. The molecule has 0 bridgehead atoms. The summed E-state index contributed by atoms with van der Waals surface area (Å²) in [6.07, 6.45) is 20.3. The molecule has 51 heavy (non-hydrogen) atoms. The lowest BCUT2D eigenvalue weighted by Crippen LogP contribution is -2.47. The van der Waals surface area contributed by atoms with E-state index in [4.69, 9.17) is 19.9 Å². The lowest BCUT2D eigenvalue weighted by Gasteiger charge is -2.25. The van der Waals surface area contributed by atoms with Gasteiger partial charge < -0.3 is 29.8 Å². The number of aromatic nitrogens is 4.